The van der Waals surface area contributed by atoms with Gasteiger partial charge in [0.15, 0.2) is 0 Å². The molecule has 1 saturated heterocycles. The zero-order chi connectivity index (χ0) is 17.1. The van der Waals surface area contributed by atoms with Crippen LogP contribution in [0.3, 0.4) is 0 Å². The second-order valence-electron chi connectivity index (χ2n) is 6.02. The Morgan fingerprint density at radius 1 is 1.38 bits per heavy atom. The van der Waals surface area contributed by atoms with E-state index in [-0.39, 0.29) is 23.5 Å². The molecule has 0 bridgehead atoms. The van der Waals surface area contributed by atoms with Crippen LogP contribution in [0.1, 0.15) is 30.0 Å². The molecule has 2 unspecified atom stereocenters. The molecule has 0 radical (unpaired) electrons. The fourth-order valence-corrected chi connectivity index (χ4v) is 3.42. The number of rotatable bonds is 3. The molecule has 0 spiro atoms. The summed E-state index contributed by atoms with van der Waals surface area (Å²) in [5, 5.41) is 11.6. The first-order valence-electron chi connectivity index (χ1n) is 7.93. The molecule has 2 heterocycles. The zero-order valence-corrected chi connectivity index (χ0v) is 13.1. The number of carbonyl (C=O) groups is 1. The van der Waals surface area contributed by atoms with E-state index in [4.69, 9.17) is 5.73 Å². The zero-order valence-electron chi connectivity index (χ0n) is 13.1. The minimum absolute atomic E-state index is 0.0431. The third kappa shape index (κ3) is 3.40. The second-order valence-corrected chi connectivity index (χ2v) is 6.02. The maximum atomic E-state index is 11.7. The Hall–Kier alpha value is -2.83. The number of benzene rings is 1. The van der Waals surface area contributed by atoms with Gasteiger partial charge >= 0.3 is 0 Å². The van der Waals surface area contributed by atoms with E-state index >= 15 is 0 Å². The third-order valence-electron chi connectivity index (χ3n) is 4.46. The second kappa shape index (κ2) is 6.74. The summed E-state index contributed by atoms with van der Waals surface area (Å²) >= 11 is 0. The molecule has 1 aromatic carbocycles. The van der Waals surface area contributed by atoms with Gasteiger partial charge < -0.3 is 20.5 Å². The molecular formula is C17H19N4O3-. The number of piperidine rings is 1. The van der Waals surface area contributed by atoms with Crippen molar-refractivity contribution in [3.05, 3.63) is 58.0 Å². The summed E-state index contributed by atoms with van der Waals surface area (Å²) in [6.45, 7) is 0.426. The van der Waals surface area contributed by atoms with Gasteiger partial charge in [-0.05, 0) is 24.8 Å². The largest absolute Gasteiger partial charge is 0.530 e. The summed E-state index contributed by atoms with van der Waals surface area (Å²) in [5.41, 5.74) is 6.87. The average molecular weight is 327 g/mol. The Kier molecular flexibility index (Phi) is 4.50. The van der Waals surface area contributed by atoms with Crippen LogP contribution in [0.4, 0.5) is 10.7 Å². The van der Waals surface area contributed by atoms with Crippen molar-refractivity contribution >= 4 is 12.0 Å². The molecule has 0 aliphatic carbocycles. The predicted molar refractivity (Wildman–Crippen MR) is 87.3 cm³/mol. The summed E-state index contributed by atoms with van der Waals surface area (Å²) < 4.78 is 0. The molecule has 126 valence electrons. The maximum Gasteiger partial charge on any atom is 0.252 e. The van der Waals surface area contributed by atoms with Crippen LogP contribution in [0, 0.1) is 0 Å². The van der Waals surface area contributed by atoms with Crippen LogP contribution >= 0.6 is 0 Å². The highest BCUT2D eigenvalue weighted by atomic mass is 16.4. The van der Waals surface area contributed by atoms with Crippen LogP contribution in [-0.4, -0.2) is 33.5 Å². The smallest absolute Gasteiger partial charge is 0.252 e. The number of nitrogens with one attached hydrogen (secondary N) is 1. The number of carbonyl (C=O) groups excluding carboxylic acids is 1. The Labute approximate surface area is 139 Å². The van der Waals surface area contributed by atoms with Crippen LogP contribution < -0.4 is 16.4 Å². The van der Waals surface area contributed by atoms with E-state index in [1.54, 1.807) is 0 Å². The van der Waals surface area contributed by atoms with Crippen LogP contribution in [-0.2, 0) is 6.42 Å². The highest BCUT2D eigenvalue weighted by molar-refractivity contribution is 5.63. The molecule has 3 N–H and O–H groups in total. The Bertz CT molecular complexity index is 775. The van der Waals surface area contributed by atoms with Gasteiger partial charge in [-0.1, -0.05) is 30.3 Å². The highest BCUT2D eigenvalue weighted by Gasteiger charge is 2.33. The fraction of sp³-hybridized carbons (Fsp3) is 0.353. The van der Waals surface area contributed by atoms with Crippen molar-refractivity contribution in [1.29, 1.82) is 0 Å². The van der Waals surface area contributed by atoms with Crippen molar-refractivity contribution in [2.75, 3.05) is 12.3 Å². The van der Waals surface area contributed by atoms with Crippen molar-refractivity contribution in [2.45, 2.75) is 31.2 Å². The molecule has 2 aromatic rings. The molecule has 1 amide bonds. The van der Waals surface area contributed by atoms with Gasteiger partial charge in [0, 0.05) is 24.6 Å². The van der Waals surface area contributed by atoms with E-state index in [9.17, 15) is 14.7 Å². The number of aromatic amines is 1. The molecule has 1 aromatic heterocycles. The lowest BCUT2D eigenvalue weighted by atomic mass is 9.83. The van der Waals surface area contributed by atoms with Gasteiger partial charge in [0.05, 0.1) is 5.69 Å². The minimum atomic E-state index is -1.20. The summed E-state index contributed by atoms with van der Waals surface area (Å²) in [5.74, 6) is -0.150. The van der Waals surface area contributed by atoms with Gasteiger partial charge in [-0.25, -0.2) is 4.98 Å². The number of carboxylic acid groups (broad SMARTS) is 1. The number of nitrogens with zero attached hydrogens (tertiary/aromatic N) is 2. The van der Waals surface area contributed by atoms with E-state index in [0.29, 0.717) is 25.1 Å². The molecule has 0 saturated carbocycles. The molecule has 24 heavy (non-hydrogen) atoms. The van der Waals surface area contributed by atoms with Crippen molar-refractivity contribution in [1.82, 2.24) is 14.9 Å². The molecule has 7 heteroatoms. The first-order valence-corrected chi connectivity index (χ1v) is 7.93. The Balaban J connectivity index is 1.97. The first-order chi connectivity index (χ1) is 11.5. The van der Waals surface area contributed by atoms with Crippen molar-refractivity contribution in [2.24, 2.45) is 0 Å². The number of nitrogens with two attached hydrogens (primary N) is 1. The summed E-state index contributed by atoms with van der Waals surface area (Å²) in [4.78, 5) is 31.3. The third-order valence-corrected chi connectivity index (χ3v) is 4.46. The normalized spacial score (nSPS) is 20.8. The van der Waals surface area contributed by atoms with Crippen LogP contribution in [0.25, 0.3) is 0 Å². The quantitative estimate of drug-likeness (QED) is 0.851. The van der Waals surface area contributed by atoms with E-state index in [1.165, 1.54) is 11.0 Å². The Morgan fingerprint density at radius 2 is 2.12 bits per heavy atom. The van der Waals surface area contributed by atoms with Gasteiger partial charge in [-0.3, -0.25) is 9.78 Å². The lowest BCUT2D eigenvalue weighted by molar-refractivity contribution is -0.269. The Morgan fingerprint density at radius 3 is 2.79 bits per heavy atom. The highest BCUT2D eigenvalue weighted by Crippen LogP contribution is 2.33. The standard InChI is InChI=1S/C17H20N4O3/c18-16-19-13(10-15(22)20-16)12-7-4-8-21(17(23)24)14(12)9-11-5-2-1-3-6-11/h1-3,5-6,10,12,14H,4,7-9H2,(H,23,24)(H3,18,19,20,22)/p-1. The van der Waals surface area contributed by atoms with Gasteiger partial charge in [0.25, 0.3) is 5.56 Å². The van der Waals surface area contributed by atoms with Gasteiger partial charge in [0.2, 0.25) is 5.95 Å². The number of H-pyrrole nitrogens is 1. The van der Waals surface area contributed by atoms with Crippen LogP contribution in [0.5, 0.6) is 0 Å². The van der Waals surface area contributed by atoms with Crippen molar-refractivity contribution in [3.8, 4) is 0 Å². The SMILES string of the molecule is Nc1nc(C2CCCN(C(=O)[O-])C2Cc2ccccc2)cc(=O)[nH]1. The number of hydrogen-bond donors (Lipinski definition) is 2. The lowest BCUT2D eigenvalue weighted by Crippen LogP contribution is -2.53. The first kappa shape index (κ1) is 16.0. The molecule has 1 aliphatic rings. The minimum Gasteiger partial charge on any atom is -0.530 e. The monoisotopic (exact) mass is 327 g/mol. The van der Waals surface area contributed by atoms with E-state index in [2.05, 4.69) is 9.97 Å². The molecule has 2 atom stereocenters. The maximum absolute atomic E-state index is 11.7. The fourth-order valence-electron chi connectivity index (χ4n) is 3.42. The number of amides is 1. The molecule has 7 nitrogen and oxygen atoms in total. The number of hydrogen-bond acceptors (Lipinski definition) is 5. The number of anilines is 1. The molecule has 3 rings (SSSR count). The summed E-state index contributed by atoms with van der Waals surface area (Å²) in [6.07, 6.45) is 0.780. The summed E-state index contributed by atoms with van der Waals surface area (Å²) in [6, 6.07) is 10.7. The van der Waals surface area contributed by atoms with Gasteiger partial charge in [-0.2, -0.15) is 0 Å². The van der Waals surface area contributed by atoms with Crippen LogP contribution in [0.15, 0.2) is 41.2 Å². The number of nitrogen functional groups attached to an aromatic ring is 1. The van der Waals surface area contributed by atoms with E-state index < -0.39 is 6.09 Å². The topological polar surface area (TPSA) is 115 Å². The van der Waals surface area contributed by atoms with Crippen LogP contribution in [0.2, 0.25) is 0 Å². The summed E-state index contributed by atoms with van der Waals surface area (Å²) in [7, 11) is 0. The molecule has 1 fully saturated rings. The van der Waals surface area contributed by atoms with E-state index in [0.717, 1.165) is 12.0 Å². The van der Waals surface area contributed by atoms with Gasteiger partial charge in [-0.15, -0.1) is 0 Å². The van der Waals surface area contributed by atoms with E-state index in [1.807, 2.05) is 30.3 Å². The van der Waals surface area contributed by atoms with Crippen molar-refractivity contribution in [3.63, 3.8) is 0 Å². The van der Waals surface area contributed by atoms with Crippen molar-refractivity contribution < 1.29 is 9.90 Å². The molecular weight excluding hydrogens is 308 g/mol. The predicted octanol–water partition coefficient (Wildman–Crippen LogP) is 0.486. The van der Waals surface area contributed by atoms with Gasteiger partial charge in [0.1, 0.15) is 6.09 Å². The number of likely N-dealkylation sites (tertiary alicyclic amines) is 1. The lowest BCUT2D eigenvalue weighted by Gasteiger charge is -2.43. The molecule has 1 aliphatic heterocycles. The average Bonchev–Trinajstić information content (AvgIpc) is 2.55. The number of aromatic nitrogens is 2.